The number of primary amides is 1. The van der Waals surface area contributed by atoms with Crippen LogP contribution in [0.5, 0.6) is 0 Å². The minimum absolute atomic E-state index is 0.0854. The van der Waals surface area contributed by atoms with Crippen LogP contribution in [0.2, 0.25) is 0 Å². The molecular weight excluding hydrogens is 276 g/mol. The summed E-state index contributed by atoms with van der Waals surface area (Å²) in [6.07, 6.45) is 1.81. The molecule has 116 valence electrons. The Labute approximate surface area is 130 Å². The van der Waals surface area contributed by atoms with Crippen molar-refractivity contribution in [2.24, 2.45) is 5.73 Å². The number of hydrogen-bond donors (Lipinski definition) is 2. The average Bonchev–Trinajstić information content (AvgIpc) is 2.42. The number of nitrogens with two attached hydrogens (primary N) is 1. The largest absolute Gasteiger partial charge is 0.366 e. The van der Waals surface area contributed by atoms with Gasteiger partial charge in [-0.3, -0.25) is 9.59 Å². The van der Waals surface area contributed by atoms with Crippen LogP contribution in [0.25, 0.3) is 11.1 Å². The molecular formula is C18H22N2O2. The second-order valence-corrected chi connectivity index (χ2v) is 5.71. The minimum atomic E-state index is -0.446. The lowest BCUT2D eigenvalue weighted by Crippen LogP contribution is -2.16. The summed E-state index contributed by atoms with van der Waals surface area (Å²) in [5.74, 6) is -0.446. The van der Waals surface area contributed by atoms with Crippen LogP contribution in [0.15, 0.2) is 23.0 Å². The van der Waals surface area contributed by atoms with Crippen molar-refractivity contribution in [3.05, 3.63) is 56.5 Å². The Kier molecular flexibility index (Phi) is 4.50. The zero-order valence-electron chi connectivity index (χ0n) is 13.5. The molecule has 0 aliphatic heterocycles. The van der Waals surface area contributed by atoms with Gasteiger partial charge >= 0.3 is 0 Å². The van der Waals surface area contributed by atoms with Crippen molar-refractivity contribution in [2.45, 2.75) is 40.5 Å². The molecule has 0 unspecified atom stereocenters. The molecule has 0 saturated heterocycles. The number of rotatable bonds is 4. The van der Waals surface area contributed by atoms with Crippen LogP contribution in [0.4, 0.5) is 0 Å². The van der Waals surface area contributed by atoms with E-state index in [9.17, 15) is 9.59 Å². The van der Waals surface area contributed by atoms with Crippen molar-refractivity contribution < 1.29 is 4.79 Å². The topological polar surface area (TPSA) is 75.9 Å². The summed E-state index contributed by atoms with van der Waals surface area (Å²) in [7, 11) is 0. The van der Waals surface area contributed by atoms with Gasteiger partial charge in [0, 0.05) is 11.3 Å². The Hall–Kier alpha value is -2.36. The molecule has 4 nitrogen and oxygen atoms in total. The van der Waals surface area contributed by atoms with Crippen molar-refractivity contribution in [3.63, 3.8) is 0 Å². The van der Waals surface area contributed by atoms with E-state index in [1.54, 1.807) is 6.07 Å². The maximum atomic E-state index is 12.5. The van der Waals surface area contributed by atoms with Crippen molar-refractivity contribution in [3.8, 4) is 11.1 Å². The zero-order valence-corrected chi connectivity index (χ0v) is 13.5. The standard InChI is InChI=1S/C18H22N2O2/c1-5-6-13-9-10(2)20-18(22)16(13)14-7-8-15(17(19)21)12(4)11(14)3/h7-9H,5-6H2,1-4H3,(H2,19,21)(H,20,22). The van der Waals surface area contributed by atoms with Gasteiger partial charge in [0.25, 0.3) is 5.56 Å². The van der Waals surface area contributed by atoms with E-state index in [-0.39, 0.29) is 5.56 Å². The molecule has 4 heteroatoms. The third kappa shape index (κ3) is 2.82. The van der Waals surface area contributed by atoms with E-state index < -0.39 is 5.91 Å². The molecule has 2 rings (SSSR count). The number of H-pyrrole nitrogens is 1. The second kappa shape index (κ2) is 6.18. The molecule has 0 atom stereocenters. The van der Waals surface area contributed by atoms with Gasteiger partial charge in [-0.25, -0.2) is 0 Å². The van der Waals surface area contributed by atoms with Crippen molar-refractivity contribution in [1.29, 1.82) is 0 Å². The van der Waals surface area contributed by atoms with Crippen LogP contribution in [0.1, 0.15) is 46.1 Å². The molecule has 3 N–H and O–H groups in total. The van der Waals surface area contributed by atoms with Crippen LogP contribution in [0.3, 0.4) is 0 Å². The predicted octanol–water partition coefficient (Wildman–Crippen LogP) is 3.02. The molecule has 0 fully saturated rings. The summed E-state index contributed by atoms with van der Waals surface area (Å²) < 4.78 is 0. The Bertz CT molecular complexity index is 788. The minimum Gasteiger partial charge on any atom is -0.366 e. The van der Waals surface area contributed by atoms with Gasteiger partial charge < -0.3 is 10.7 Å². The number of aromatic nitrogens is 1. The SMILES string of the molecule is CCCc1cc(C)[nH]c(=O)c1-c1ccc(C(N)=O)c(C)c1C. The molecule has 0 aliphatic carbocycles. The van der Waals surface area contributed by atoms with Gasteiger partial charge in [0.2, 0.25) is 5.91 Å². The lowest BCUT2D eigenvalue weighted by atomic mass is 9.90. The van der Waals surface area contributed by atoms with E-state index >= 15 is 0 Å². The Morgan fingerprint density at radius 1 is 1.18 bits per heavy atom. The first kappa shape index (κ1) is 16.0. The Morgan fingerprint density at radius 2 is 1.86 bits per heavy atom. The van der Waals surface area contributed by atoms with E-state index in [1.807, 2.05) is 32.9 Å². The highest BCUT2D eigenvalue weighted by Gasteiger charge is 2.16. The summed E-state index contributed by atoms with van der Waals surface area (Å²) in [5.41, 5.74) is 11.0. The Morgan fingerprint density at radius 3 is 2.45 bits per heavy atom. The second-order valence-electron chi connectivity index (χ2n) is 5.71. The first-order valence-corrected chi connectivity index (χ1v) is 7.50. The normalized spacial score (nSPS) is 10.7. The van der Waals surface area contributed by atoms with E-state index in [1.165, 1.54) is 0 Å². The first-order valence-electron chi connectivity index (χ1n) is 7.50. The maximum Gasteiger partial charge on any atom is 0.256 e. The molecule has 22 heavy (non-hydrogen) atoms. The van der Waals surface area contributed by atoms with E-state index in [0.717, 1.165) is 40.8 Å². The number of carbonyl (C=O) groups excluding carboxylic acids is 1. The highest BCUT2D eigenvalue weighted by Crippen LogP contribution is 2.28. The summed E-state index contributed by atoms with van der Waals surface area (Å²) in [4.78, 5) is 26.8. The third-order valence-corrected chi connectivity index (χ3v) is 4.09. The van der Waals surface area contributed by atoms with Crippen molar-refractivity contribution >= 4 is 5.91 Å². The average molecular weight is 298 g/mol. The molecule has 1 amide bonds. The molecule has 1 aromatic carbocycles. The number of amides is 1. The third-order valence-electron chi connectivity index (χ3n) is 4.09. The molecule has 1 heterocycles. The lowest BCUT2D eigenvalue weighted by molar-refractivity contribution is 0.0999. The number of carbonyl (C=O) groups is 1. The molecule has 2 aromatic rings. The first-order chi connectivity index (χ1) is 10.4. The number of hydrogen-bond acceptors (Lipinski definition) is 2. The number of pyridine rings is 1. The molecule has 0 spiro atoms. The fourth-order valence-corrected chi connectivity index (χ4v) is 2.88. The summed E-state index contributed by atoms with van der Waals surface area (Å²) in [5, 5.41) is 0. The van der Waals surface area contributed by atoms with Gasteiger partial charge in [-0.05, 0) is 61.6 Å². The maximum absolute atomic E-state index is 12.5. The number of aromatic amines is 1. The van der Waals surface area contributed by atoms with Crippen LogP contribution in [-0.2, 0) is 6.42 Å². The molecule has 0 saturated carbocycles. The molecule has 0 radical (unpaired) electrons. The van der Waals surface area contributed by atoms with Gasteiger partial charge in [0.1, 0.15) is 0 Å². The van der Waals surface area contributed by atoms with E-state index in [0.29, 0.717) is 11.1 Å². The van der Waals surface area contributed by atoms with Crippen LogP contribution in [0, 0.1) is 20.8 Å². The van der Waals surface area contributed by atoms with Crippen molar-refractivity contribution in [1.82, 2.24) is 4.98 Å². The smallest absolute Gasteiger partial charge is 0.256 e. The fraction of sp³-hybridized carbons (Fsp3) is 0.333. The highest BCUT2D eigenvalue weighted by atomic mass is 16.1. The number of aryl methyl sites for hydroxylation is 2. The van der Waals surface area contributed by atoms with Gasteiger partial charge in [0.15, 0.2) is 0 Å². The highest BCUT2D eigenvalue weighted by molar-refractivity contribution is 5.95. The zero-order chi connectivity index (χ0) is 16.4. The summed E-state index contributed by atoms with van der Waals surface area (Å²) in [6.45, 7) is 7.76. The molecule has 0 bridgehead atoms. The van der Waals surface area contributed by atoms with Gasteiger partial charge in [0.05, 0.1) is 5.56 Å². The van der Waals surface area contributed by atoms with Crippen LogP contribution in [-0.4, -0.2) is 10.9 Å². The number of nitrogens with one attached hydrogen (secondary N) is 1. The quantitative estimate of drug-likeness (QED) is 0.910. The van der Waals surface area contributed by atoms with E-state index in [4.69, 9.17) is 5.73 Å². The monoisotopic (exact) mass is 298 g/mol. The Balaban J connectivity index is 2.75. The summed E-state index contributed by atoms with van der Waals surface area (Å²) in [6, 6.07) is 5.55. The van der Waals surface area contributed by atoms with E-state index in [2.05, 4.69) is 11.9 Å². The fourth-order valence-electron chi connectivity index (χ4n) is 2.88. The number of benzene rings is 1. The van der Waals surface area contributed by atoms with Crippen LogP contribution < -0.4 is 11.3 Å². The predicted molar refractivity (Wildman–Crippen MR) is 89.2 cm³/mol. The summed E-state index contributed by atoms with van der Waals surface area (Å²) >= 11 is 0. The molecule has 1 aromatic heterocycles. The lowest BCUT2D eigenvalue weighted by Gasteiger charge is -2.15. The van der Waals surface area contributed by atoms with Gasteiger partial charge in [-0.15, -0.1) is 0 Å². The van der Waals surface area contributed by atoms with Gasteiger partial charge in [-0.1, -0.05) is 19.4 Å². The van der Waals surface area contributed by atoms with Crippen LogP contribution >= 0.6 is 0 Å². The van der Waals surface area contributed by atoms with Crippen molar-refractivity contribution in [2.75, 3.05) is 0 Å². The van der Waals surface area contributed by atoms with Gasteiger partial charge in [-0.2, -0.15) is 0 Å². The molecule has 0 aliphatic rings.